The molecule has 0 saturated heterocycles. The number of aryl methyl sites for hydroxylation is 1. The number of ether oxygens (including phenoxy) is 1. The first kappa shape index (κ1) is 23.0. The van der Waals surface area contributed by atoms with Crippen molar-refractivity contribution in [3.8, 4) is 5.75 Å². The van der Waals surface area contributed by atoms with Gasteiger partial charge >= 0.3 is 0 Å². The quantitative estimate of drug-likeness (QED) is 0.360. The minimum atomic E-state index is 0. The normalized spacial score (nSPS) is 10.8. The fraction of sp³-hybridized carbons (Fsp3) is 0.400. The van der Waals surface area contributed by atoms with Crippen molar-refractivity contribution >= 4 is 35.8 Å². The van der Waals surface area contributed by atoms with E-state index in [0.717, 1.165) is 36.1 Å². The van der Waals surface area contributed by atoms with Gasteiger partial charge in [-0.1, -0.05) is 23.8 Å². The molecule has 2 rings (SSSR count). The van der Waals surface area contributed by atoms with Crippen LogP contribution in [-0.2, 0) is 13.0 Å². The van der Waals surface area contributed by atoms with E-state index in [1.165, 1.54) is 11.1 Å². The van der Waals surface area contributed by atoms with Gasteiger partial charge in [0.15, 0.2) is 5.96 Å². The molecule has 0 fully saturated rings. The molecule has 2 aromatic rings. The number of nitrogens with one attached hydrogen (secondary N) is 2. The molecule has 0 aliphatic rings. The highest BCUT2D eigenvalue weighted by Crippen LogP contribution is 2.19. The van der Waals surface area contributed by atoms with Gasteiger partial charge in [0.05, 0.1) is 7.11 Å². The molecule has 0 aliphatic heterocycles. The SMILES string of the molecule is CN=C(NCCc1cc(C)ccc1OC)NCc1cccnc1N(C)C.I. The molecule has 2 N–H and O–H groups in total. The third-order valence-electron chi connectivity index (χ3n) is 4.08. The average molecular weight is 483 g/mol. The van der Waals surface area contributed by atoms with Crippen molar-refractivity contribution in [1.29, 1.82) is 0 Å². The summed E-state index contributed by atoms with van der Waals surface area (Å²) in [6.45, 7) is 3.52. The Morgan fingerprint density at radius 3 is 2.63 bits per heavy atom. The van der Waals surface area contributed by atoms with Crippen LogP contribution in [-0.4, -0.2) is 45.7 Å². The Kier molecular flexibility index (Phi) is 9.92. The first-order chi connectivity index (χ1) is 12.5. The van der Waals surface area contributed by atoms with Crippen LogP contribution in [0.5, 0.6) is 5.75 Å². The second-order valence-corrected chi connectivity index (χ2v) is 6.30. The lowest BCUT2D eigenvalue weighted by molar-refractivity contribution is 0.409. The molecule has 27 heavy (non-hydrogen) atoms. The van der Waals surface area contributed by atoms with Gasteiger partial charge in [0.2, 0.25) is 0 Å². The van der Waals surface area contributed by atoms with Crippen LogP contribution < -0.4 is 20.3 Å². The van der Waals surface area contributed by atoms with Gasteiger partial charge in [0.25, 0.3) is 0 Å². The van der Waals surface area contributed by atoms with Gasteiger partial charge in [-0.05, 0) is 31.0 Å². The van der Waals surface area contributed by atoms with Crippen molar-refractivity contribution in [2.75, 3.05) is 39.7 Å². The smallest absolute Gasteiger partial charge is 0.191 e. The van der Waals surface area contributed by atoms with Crippen LogP contribution in [0, 0.1) is 6.92 Å². The molecule has 0 unspecified atom stereocenters. The van der Waals surface area contributed by atoms with E-state index in [0.29, 0.717) is 6.54 Å². The molecule has 0 spiro atoms. The van der Waals surface area contributed by atoms with Crippen molar-refractivity contribution in [1.82, 2.24) is 15.6 Å². The van der Waals surface area contributed by atoms with Gasteiger partial charge in [0, 0.05) is 46.0 Å². The molecule has 1 aromatic carbocycles. The molecule has 0 bridgehead atoms. The number of rotatable bonds is 7. The lowest BCUT2D eigenvalue weighted by atomic mass is 10.1. The number of halogens is 1. The standard InChI is InChI=1S/C20H29N5O.HI/c1-15-8-9-18(26-5)16(13-15)10-12-23-20(21-2)24-14-17-7-6-11-22-19(17)25(3)4;/h6-9,11,13H,10,12,14H2,1-5H3,(H2,21,23,24);1H. The van der Waals surface area contributed by atoms with Gasteiger partial charge in [-0.15, -0.1) is 24.0 Å². The molecular formula is C20H30IN5O. The predicted molar refractivity (Wildman–Crippen MR) is 124 cm³/mol. The maximum absolute atomic E-state index is 5.44. The summed E-state index contributed by atoms with van der Waals surface area (Å²) in [7, 11) is 7.47. The summed E-state index contributed by atoms with van der Waals surface area (Å²) in [6, 6.07) is 10.3. The number of pyridine rings is 1. The zero-order valence-corrected chi connectivity index (χ0v) is 19.1. The molecular weight excluding hydrogens is 453 g/mol. The van der Waals surface area contributed by atoms with Crippen LogP contribution in [0.4, 0.5) is 5.82 Å². The van der Waals surface area contributed by atoms with Gasteiger partial charge in [0.1, 0.15) is 11.6 Å². The van der Waals surface area contributed by atoms with Crippen molar-refractivity contribution in [2.45, 2.75) is 19.9 Å². The minimum Gasteiger partial charge on any atom is -0.496 e. The van der Waals surface area contributed by atoms with Crippen LogP contribution in [0.1, 0.15) is 16.7 Å². The van der Waals surface area contributed by atoms with Crippen LogP contribution >= 0.6 is 24.0 Å². The number of methoxy groups -OCH3 is 1. The maximum Gasteiger partial charge on any atom is 0.191 e. The van der Waals surface area contributed by atoms with Crippen LogP contribution in [0.3, 0.4) is 0 Å². The van der Waals surface area contributed by atoms with E-state index >= 15 is 0 Å². The fourth-order valence-corrected chi connectivity index (χ4v) is 2.79. The summed E-state index contributed by atoms with van der Waals surface area (Å²) >= 11 is 0. The summed E-state index contributed by atoms with van der Waals surface area (Å²) in [5, 5.41) is 6.71. The Morgan fingerprint density at radius 2 is 1.96 bits per heavy atom. The highest BCUT2D eigenvalue weighted by atomic mass is 127. The Labute approximate surface area is 179 Å². The van der Waals surface area contributed by atoms with Crippen molar-refractivity contribution in [2.24, 2.45) is 4.99 Å². The minimum absolute atomic E-state index is 0. The molecule has 0 aliphatic carbocycles. The number of benzene rings is 1. The highest BCUT2D eigenvalue weighted by molar-refractivity contribution is 14.0. The summed E-state index contributed by atoms with van der Waals surface area (Å²) in [5.74, 6) is 2.65. The number of nitrogens with zero attached hydrogens (tertiary/aromatic N) is 3. The lowest BCUT2D eigenvalue weighted by Gasteiger charge is -2.17. The number of anilines is 1. The second-order valence-electron chi connectivity index (χ2n) is 6.30. The zero-order chi connectivity index (χ0) is 18.9. The maximum atomic E-state index is 5.44. The first-order valence-corrected chi connectivity index (χ1v) is 8.74. The molecule has 0 saturated carbocycles. The Morgan fingerprint density at radius 1 is 1.19 bits per heavy atom. The predicted octanol–water partition coefficient (Wildman–Crippen LogP) is 2.99. The number of guanidine groups is 1. The van der Waals surface area contributed by atoms with Crippen LogP contribution in [0.25, 0.3) is 0 Å². The molecule has 1 aromatic heterocycles. The topological polar surface area (TPSA) is 61.8 Å². The van der Waals surface area contributed by atoms with Gasteiger partial charge in [-0.25, -0.2) is 4.98 Å². The number of aliphatic imine (C=N–C) groups is 1. The second kappa shape index (κ2) is 11.6. The van der Waals surface area contributed by atoms with E-state index in [1.54, 1.807) is 20.4 Å². The zero-order valence-electron chi connectivity index (χ0n) is 16.7. The van der Waals surface area contributed by atoms with Crippen molar-refractivity contribution in [3.05, 3.63) is 53.2 Å². The summed E-state index contributed by atoms with van der Waals surface area (Å²) in [4.78, 5) is 10.7. The Bertz CT molecular complexity index is 749. The Balaban J connectivity index is 0.00000364. The van der Waals surface area contributed by atoms with Gasteiger partial charge in [-0.2, -0.15) is 0 Å². The van der Waals surface area contributed by atoms with Gasteiger partial charge in [-0.3, -0.25) is 4.99 Å². The number of hydrogen-bond donors (Lipinski definition) is 2. The van der Waals surface area contributed by atoms with Crippen molar-refractivity contribution < 1.29 is 4.74 Å². The molecule has 7 heteroatoms. The van der Waals surface area contributed by atoms with E-state index in [2.05, 4.69) is 45.7 Å². The summed E-state index contributed by atoms with van der Waals surface area (Å²) in [5.41, 5.74) is 3.55. The van der Waals surface area contributed by atoms with E-state index in [1.807, 2.05) is 31.1 Å². The van der Waals surface area contributed by atoms with Gasteiger partial charge < -0.3 is 20.3 Å². The van der Waals surface area contributed by atoms with Crippen molar-refractivity contribution in [3.63, 3.8) is 0 Å². The summed E-state index contributed by atoms with van der Waals surface area (Å²) < 4.78 is 5.44. The molecule has 0 radical (unpaired) electrons. The Hall–Kier alpha value is -2.03. The highest BCUT2D eigenvalue weighted by Gasteiger charge is 2.07. The lowest BCUT2D eigenvalue weighted by Crippen LogP contribution is -2.38. The number of hydrogen-bond acceptors (Lipinski definition) is 4. The average Bonchev–Trinajstić information content (AvgIpc) is 2.64. The molecule has 6 nitrogen and oxygen atoms in total. The van der Waals surface area contributed by atoms with E-state index < -0.39 is 0 Å². The van der Waals surface area contributed by atoms with Crippen LogP contribution in [0.2, 0.25) is 0 Å². The largest absolute Gasteiger partial charge is 0.496 e. The first-order valence-electron chi connectivity index (χ1n) is 8.74. The third kappa shape index (κ3) is 6.89. The molecule has 1 heterocycles. The molecule has 0 amide bonds. The van der Waals surface area contributed by atoms with Crippen LogP contribution in [0.15, 0.2) is 41.5 Å². The van der Waals surface area contributed by atoms with E-state index in [-0.39, 0.29) is 24.0 Å². The molecule has 148 valence electrons. The monoisotopic (exact) mass is 483 g/mol. The van der Waals surface area contributed by atoms with E-state index in [9.17, 15) is 0 Å². The third-order valence-corrected chi connectivity index (χ3v) is 4.08. The number of aromatic nitrogens is 1. The molecule has 0 atom stereocenters. The summed E-state index contributed by atoms with van der Waals surface area (Å²) in [6.07, 6.45) is 2.67. The fourth-order valence-electron chi connectivity index (χ4n) is 2.79. The van der Waals surface area contributed by atoms with E-state index in [4.69, 9.17) is 4.74 Å².